The number of pyridine rings is 1. The molecule has 30 heavy (non-hydrogen) atoms. The molecule has 0 saturated heterocycles. The molecule has 0 spiro atoms. The van der Waals surface area contributed by atoms with E-state index in [1.54, 1.807) is 37.6 Å². The van der Waals surface area contributed by atoms with E-state index in [-0.39, 0.29) is 23.1 Å². The predicted octanol–water partition coefficient (Wildman–Crippen LogP) is 4.68. The van der Waals surface area contributed by atoms with E-state index in [0.29, 0.717) is 23.4 Å². The number of ether oxygens (including phenoxy) is 1. The number of anilines is 2. The van der Waals surface area contributed by atoms with E-state index in [1.807, 2.05) is 24.3 Å². The summed E-state index contributed by atoms with van der Waals surface area (Å²) in [5.74, 6) is 0.0250. The van der Waals surface area contributed by atoms with Crippen LogP contribution in [0.2, 0.25) is 0 Å². The van der Waals surface area contributed by atoms with Crippen LogP contribution < -0.4 is 10.6 Å². The van der Waals surface area contributed by atoms with Crippen LogP contribution in [0.5, 0.6) is 0 Å². The van der Waals surface area contributed by atoms with Crippen molar-refractivity contribution in [3.8, 4) is 0 Å². The molecule has 1 atom stereocenters. The summed E-state index contributed by atoms with van der Waals surface area (Å²) in [4.78, 5) is 29.4. The highest BCUT2D eigenvalue weighted by molar-refractivity contribution is 6.07. The maximum absolute atomic E-state index is 12.7. The standard InChI is InChI=1S/C24H27N3O3/c1-24(2,3)18-9-5-16(6-10-18)23(29)27-21-15-25-14-13-20(21)26-22(28)17-7-11-19(30-4)12-8-17/h5-7,9-15,17H,8H2,1-4H3,(H,27,29)(H,25,26,28). The minimum atomic E-state index is -0.300. The molecule has 156 valence electrons. The second-order valence-corrected chi connectivity index (χ2v) is 8.20. The molecule has 1 unspecified atom stereocenters. The molecule has 1 heterocycles. The number of amides is 2. The molecule has 3 rings (SSSR count). The predicted molar refractivity (Wildman–Crippen MR) is 118 cm³/mol. The lowest BCUT2D eigenvalue weighted by molar-refractivity contribution is -0.118. The summed E-state index contributed by atoms with van der Waals surface area (Å²) in [7, 11) is 1.60. The van der Waals surface area contributed by atoms with Gasteiger partial charge in [0.15, 0.2) is 0 Å². The molecule has 1 aromatic heterocycles. The third-order valence-corrected chi connectivity index (χ3v) is 4.98. The van der Waals surface area contributed by atoms with Gasteiger partial charge >= 0.3 is 0 Å². The van der Waals surface area contributed by atoms with Crippen molar-refractivity contribution in [3.63, 3.8) is 0 Å². The van der Waals surface area contributed by atoms with Crippen molar-refractivity contribution >= 4 is 23.2 Å². The Morgan fingerprint density at radius 2 is 1.80 bits per heavy atom. The first-order valence-electron chi connectivity index (χ1n) is 9.87. The van der Waals surface area contributed by atoms with E-state index in [1.165, 1.54) is 6.20 Å². The molecular formula is C24H27N3O3. The Balaban J connectivity index is 1.69. The van der Waals surface area contributed by atoms with Gasteiger partial charge in [-0.1, -0.05) is 39.0 Å². The van der Waals surface area contributed by atoms with Gasteiger partial charge in [-0.05, 0) is 47.8 Å². The first-order chi connectivity index (χ1) is 14.3. The van der Waals surface area contributed by atoms with Crippen molar-refractivity contribution in [1.82, 2.24) is 4.98 Å². The molecule has 2 amide bonds. The van der Waals surface area contributed by atoms with E-state index in [2.05, 4.69) is 36.4 Å². The fourth-order valence-corrected chi connectivity index (χ4v) is 3.09. The van der Waals surface area contributed by atoms with Crippen molar-refractivity contribution in [1.29, 1.82) is 0 Å². The number of carbonyl (C=O) groups excluding carboxylic acids is 2. The van der Waals surface area contributed by atoms with Crippen LogP contribution in [0.1, 0.15) is 43.1 Å². The average molecular weight is 405 g/mol. The Morgan fingerprint density at radius 1 is 1.07 bits per heavy atom. The summed E-state index contributed by atoms with van der Waals surface area (Å²) in [5.41, 5.74) is 2.66. The molecule has 0 saturated carbocycles. The van der Waals surface area contributed by atoms with Gasteiger partial charge in [-0.2, -0.15) is 0 Å². The number of rotatable bonds is 5. The summed E-state index contributed by atoms with van der Waals surface area (Å²) >= 11 is 0. The quantitative estimate of drug-likeness (QED) is 0.757. The summed E-state index contributed by atoms with van der Waals surface area (Å²) in [6.45, 7) is 6.38. The maximum atomic E-state index is 12.7. The summed E-state index contributed by atoms with van der Waals surface area (Å²) in [6.07, 6.45) is 9.12. The van der Waals surface area contributed by atoms with Crippen LogP contribution >= 0.6 is 0 Å². The van der Waals surface area contributed by atoms with Crippen LogP contribution in [-0.2, 0) is 14.9 Å². The lowest BCUT2D eigenvalue weighted by Crippen LogP contribution is -2.23. The molecule has 2 aromatic rings. The minimum Gasteiger partial charge on any atom is -0.497 e. The first-order valence-corrected chi connectivity index (χ1v) is 9.87. The molecule has 1 aliphatic rings. The van der Waals surface area contributed by atoms with Crippen LogP contribution in [0.4, 0.5) is 11.4 Å². The Kier molecular flexibility index (Phi) is 6.35. The van der Waals surface area contributed by atoms with Crippen molar-refractivity contribution in [2.75, 3.05) is 17.7 Å². The van der Waals surface area contributed by atoms with Gasteiger partial charge in [0.25, 0.3) is 5.91 Å². The van der Waals surface area contributed by atoms with Crippen LogP contribution in [0.25, 0.3) is 0 Å². The number of nitrogens with one attached hydrogen (secondary N) is 2. The Labute approximate surface area is 177 Å². The second kappa shape index (κ2) is 8.95. The molecule has 2 N–H and O–H groups in total. The van der Waals surface area contributed by atoms with E-state index in [9.17, 15) is 9.59 Å². The molecule has 1 aromatic carbocycles. The second-order valence-electron chi connectivity index (χ2n) is 8.20. The molecule has 0 aliphatic heterocycles. The molecular weight excluding hydrogens is 378 g/mol. The van der Waals surface area contributed by atoms with Crippen molar-refractivity contribution in [3.05, 3.63) is 77.8 Å². The number of hydrogen-bond donors (Lipinski definition) is 2. The van der Waals surface area contributed by atoms with E-state index in [0.717, 1.165) is 11.3 Å². The zero-order valence-corrected chi connectivity index (χ0v) is 17.7. The number of allylic oxidation sites excluding steroid dienone is 2. The molecule has 0 fully saturated rings. The summed E-state index contributed by atoms with van der Waals surface area (Å²) < 4.78 is 5.16. The lowest BCUT2D eigenvalue weighted by Gasteiger charge is -2.19. The average Bonchev–Trinajstić information content (AvgIpc) is 2.74. The topological polar surface area (TPSA) is 80.3 Å². The van der Waals surface area contributed by atoms with Gasteiger partial charge in [0.2, 0.25) is 5.91 Å². The van der Waals surface area contributed by atoms with Gasteiger partial charge in [0.05, 0.1) is 30.6 Å². The molecule has 1 aliphatic carbocycles. The van der Waals surface area contributed by atoms with Crippen LogP contribution in [0, 0.1) is 5.92 Å². The van der Waals surface area contributed by atoms with Gasteiger partial charge in [0.1, 0.15) is 5.76 Å². The number of hydrogen-bond acceptors (Lipinski definition) is 4. The van der Waals surface area contributed by atoms with Crippen LogP contribution in [-0.4, -0.2) is 23.9 Å². The largest absolute Gasteiger partial charge is 0.497 e. The minimum absolute atomic E-state index is 0.0164. The Bertz CT molecular complexity index is 986. The normalized spacial score (nSPS) is 15.9. The lowest BCUT2D eigenvalue weighted by atomic mass is 9.87. The third kappa shape index (κ3) is 5.14. The van der Waals surface area contributed by atoms with Gasteiger partial charge < -0.3 is 15.4 Å². The number of benzene rings is 1. The van der Waals surface area contributed by atoms with Crippen molar-refractivity contribution in [2.45, 2.75) is 32.6 Å². The zero-order chi connectivity index (χ0) is 21.7. The smallest absolute Gasteiger partial charge is 0.255 e. The highest BCUT2D eigenvalue weighted by atomic mass is 16.5. The van der Waals surface area contributed by atoms with Gasteiger partial charge in [-0.25, -0.2) is 0 Å². The maximum Gasteiger partial charge on any atom is 0.255 e. The van der Waals surface area contributed by atoms with Crippen molar-refractivity contribution < 1.29 is 14.3 Å². The van der Waals surface area contributed by atoms with Gasteiger partial charge in [0, 0.05) is 11.8 Å². The summed E-state index contributed by atoms with van der Waals surface area (Å²) in [5, 5.41) is 5.73. The molecule has 6 heteroatoms. The van der Waals surface area contributed by atoms with Crippen LogP contribution in [0.3, 0.4) is 0 Å². The van der Waals surface area contributed by atoms with E-state index in [4.69, 9.17) is 4.74 Å². The monoisotopic (exact) mass is 405 g/mol. The number of aromatic nitrogens is 1. The fraction of sp³-hybridized carbons (Fsp3) is 0.292. The number of nitrogens with zero attached hydrogens (tertiary/aromatic N) is 1. The first kappa shape index (κ1) is 21.3. The zero-order valence-electron chi connectivity index (χ0n) is 17.7. The SMILES string of the molecule is COC1=CCC(C(=O)Nc2ccncc2NC(=O)c2ccc(C(C)(C)C)cc2)C=C1. The van der Waals surface area contributed by atoms with Crippen molar-refractivity contribution in [2.24, 2.45) is 5.92 Å². The number of carbonyl (C=O) groups is 2. The van der Waals surface area contributed by atoms with Gasteiger partial charge in [-0.15, -0.1) is 0 Å². The Hall–Kier alpha value is -3.41. The number of methoxy groups -OCH3 is 1. The van der Waals surface area contributed by atoms with Crippen LogP contribution in [0.15, 0.2) is 66.7 Å². The molecule has 6 nitrogen and oxygen atoms in total. The highest BCUT2D eigenvalue weighted by Gasteiger charge is 2.20. The van der Waals surface area contributed by atoms with E-state index >= 15 is 0 Å². The highest BCUT2D eigenvalue weighted by Crippen LogP contribution is 2.25. The van der Waals surface area contributed by atoms with Gasteiger partial charge in [-0.3, -0.25) is 14.6 Å². The third-order valence-electron chi connectivity index (χ3n) is 4.98. The Morgan fingerprint density at radius 3 is 2.40 bits per heavy atom. The fourth-order valence-electron chi connectivity index (χ4n) is 3.09. The molecule has 0 bridgehead atoms. The summed E-state index contributed by atoms with van der Waals surface area (Å²) in [6, 6.07) is 9.18. The van der Waals surface area contributed by atoms with E-state index < -0.39 is 0 Å². The molecule has 0 radical (unpaired) electrons.